The minimum absolute atomic E-state index is 0.0725. The van der Waals surface area contributed by atoms with Crippen molar-refractivity contribution in [2.45, 2.75) is 13.3 Å². The van der Waals surface area contributed by atoms with Crippen LogP contribution in [-0.2, 0) is 4.79 Å². The molecular formula is C9H13NO3. The number of ketones is 1. The molecule has 0 aromatic heterocycles. The van der Waals surface area contributed by atoms with Crippen molar-refractivity contribution in [2.75, 3.05) is 6.61 Å². The molecule has 1 unspecified atom stereocenters. The van der Waals surface area contributed by atoms with Crippen LogP contribution in [0.25, 0.3) is 0 Å². The molecule has 1 atom stereocenters. The van der Waals surface area contributed by atoms with Crippen molar-refractivity contribution in [2.24, 2.45) is 11.7 Å². The first kappa shape index (κ1) is 9.80. The van der Waals surface area contributed by atoms with Crippen LogP contribution in [0.1, 0.15) is 13.3 Å². The molecule has 13 heavy (non-hydrogen) atoms. The molecule has 0 aromatic rings. The molecule has 0 bridgehead atoms. The highest BCUT2D eigenvalue weighted by Crippen LogP contribution is 2.24. The maximum absolute atomic E-state index is 11.5. The molecule has 0 saturated heterocycles. The van der Waals surface area contributed by atoms with Crippen molar-refractivity contribution >= 4 is 5.78 Å². The van der Waals surface area contributed by atoms with E-state index in [9.17, 15) is 9.90 Å². The first-order chi connectivity index (χ1) is 6.07. The van der Waals surface area contributed by atoms with Gasteiger partial charge in [-0.25, -0.2) is 0 Å². The smallest absolute Gasteiger partial charge is 0.171 e. The van der Waals surface area contributed by atoms with Gasteiger partial charge in [-0.2, -0.15) is 0 Å². The highest BCUT2D eigenvalue weighted by Gasteiger charge is 2.27. The van der Waals surface area contributed by atoms with E-state index >= 15 is 0 Å². The van der Waals surface area contributed by atoms with E-state index in [-0.39, 0.29) is 18.1 Å². The van der Waals surface area contributed by atoms with E-state index in [2.05, 4.69) is 0 Å². The third-order valence-corrected chi connectivity index (χ3v) is 2.19. The third kappa shape index (κ3) is 1.72. The van der Waals surface area contributed by atoms with Gasteiger partial charge in [0.25, 0.3) is 0 Å². The number of carbonyl (C=O) groups is 1. The second kappa shape index (κ2) is 3.62. The number of nitrogens with two attached hydrogens (primary N) is 1. The molecule has 4 heteroatoms. The second-order valence-corrected chi connectivity index (χ2v) is 3.08. The molecule has 0 spiro atoms. The lowest BCUT2D eigenvalue weighted by molar-refractivity contribution is -0.118. The molecule has 4 nitrogen and oxygen atoms in total. The average molecular weight is 183 g/mol. The predicted octanol–water partition coefficient (Wildman–Crippen LogP) is 0.242. The molecule has 0 fully saturated rings. The van der Waals surface area contributed by atoms with Crippen LogP contribution in [-0.4, -0.2) is 22.6 Å². The molecule has 1 aliphatic rings. The zero-order chi connectivity index (χ0) is 10.0. The Morgan fingerprint density at radius 3 is 2.77 bits per heavy atom. The molecule has 72 valence electrons. The van der Waals surface area contributed by atoms with Crippen LogP contribution < -0.4 is 5.73 Å². The minimum Gasteiger partial charge on any atom is -0.507 e. The molecule has 0 amide bonds. The van der Waals surface area contributed by atoms with Crippen LogP contribution in [0, 0.1) is 5.92 Å². The van der Waals surface area contributed by atoms with E-state index in [1.165, 1.54) is 6.08 Å². The topological polar surface area (TPSA) is 83.6 Å². The van der Waals surface area contributed by atoms with Crippen molar-refractivity contribution < 1.29 is 15.0 Å². The zero-order valence-corrected chi connectivity index (χ0v) is 7.45. The number of aliphatic hydroxyl groups excluding tert-OH is 2. The highest BCUT2D eigenvalue weighted by atomic mass is 16.3. The van der Waals surface area contributed by atoms with Crippen molar-refractivity contribution in [3.63, 3.8) is 0 Å². The van der Waals surface area contributed by atoms with Gasteiger partial charge < -0.3 is 15.9 Å². The van der Waals surface area contributed by atoms with Crippen LogP contribution >= 0.6 is 0 Å². The maximum Gasteiger partial charge on any atom is 0.171 e. The Bertz CT molecular complexity index is 289. The van der Waals surface area contributed by atoms with Gasteiger partial charge in [-0.3, -0.25) is 4.79 Å². The summed E-state index contributed by atoms with van der Waals surface area (Å²) in [6.07, 6.45) is 1.68. The van der Waals surface area contributed by atoms with E-state index in [1.54, 1.807) is 6.92 Å². The summed E-state index contributed by atoms with van der Waals surface area (Å²) >= 11 is 0. The van der Waals surface area contributed by atoms with Gasteiger partial charge >= 0.3 is 0 Å². The van der Waals surface area contributed by atoms with Gasteiger partial charge in [0.15, 0.2) is 5.78 Å². The Kier molecular flexibility index (Phi) is 2.72. The monoisotopic (exact) mass is 183 g/mol. The van der Waals surface area contributed by atoms with Crippen LogP contribution in [0.5, 0.6) is 0 Å². The lowest BCUT2D eigenvalue weighted by Crippen LogP contribution is -2.27. The summed E-state index contributed by atoms with van der Waals surface area (Å²) in [6, 6.07) is 0. The van der Waals surface area contributed by atoms with E-state index in [4.69, 9.17) is 10.8 Å². The van der Waals surface area contributed by atoms with Crippen LogP contribution in [0.15, 0.2) is 23.1 Å². The summed E-state index contributed by atoms with van der Waals surface area (Å²) in [5.74, 6) is -0.746. The number of allylic oxidation sites excluding steroid dienone is 3. The van der Waals surface area contributed by atoms with Gasteiger partial charge in [0.2, 0.25) is 0 Å². The second-order valence-electron chi connectivity index (χ2n) is 3.08. The lowest BCUT2D eigenvalue weighted by Gasteiger charge is -2.20. The van der Waals surface area contributed by atoms with Gasteiger partial charge in [0, 0.05) is 17.9 Å². The van der Waals surface area contributed by atoms with Gasteiger partial charge in [-0.1, -0.05) is 0 Å². The molecule has 0 aromatic carbocycles. The predicted molar refractivity (Wildman–Crippen MR) is 47.8 cm³/mol. The van der Waals surface area contributed by atoms with Crippen molar-refractivity contribution in [1.82, 2.24) is 0 Å². The van der Waals surface area contributed by atoms with E-state index in [1.807, 2.05) is 0 Å². The number of hydrogen-bond acceptors (Lipinski definition) is 4. The molecule has 4 N–H and O–H groups in total. The summed E-state index contributed by atoms with van der Waals surface area (Å²) < 4.78 is 0. The van der Waals surface area contributed by atoms with Crippen LogP contribution in [0.4, 0.5) is 0 Å². The molecule has 0 saturated carbocycles. The average Bonchev–Trinajstić information content (AvgIpc) is 2.09. The summed E-state index contributed by atoms with van der Waals surface area (Å²) in [6.45, 7) is 1.46. The highest BCUT2D eigenvalue weighted by molar-refractivity contribution is 6.00. The van der Waals surface area contributed by atoms with Crippen LogP contribution in [0.3, 0.4) is 0 Å². The number of Topliss-reactive ketones (excluding diaryl/α,β-unsaturated/α-hetero) is 1. The summed E-state index contributed by atoms with van der Waals surface area (Å²) in [7, 11) is 0. The fourth-order valence-electron chi connectivity index (χ4n) is 1.33. The molecule has 0 radical (unpaired) electrons. The van der Waals surface area contributed by atoms with E-state index < -0.39 is 5.92 Å². The quantitative estimate of drug-likeness (QED) is 0.572. The number of carbonyl (C=O) groups excluding carboxylic acids is 1. The van der Waals surface area contributed by atoms with E-state index in [0.717, 1.165) is 0 Å². The Balaban J connectivity index is 2.95. The zero-order valence-electron chi connectivity index (χ0n) is 7.45. The fraction of sp³-hybridized carbons (Fsp3) is 0.444. The maximum atomic E-state index is 11.5. The number of aliphatic hydroxyl groups is 2. The largest absolute Gasteiger partial charge is 0.507 e. The fourth-order valence-corrected chi connectivity index (χ4v) is 1.33. The van der Waals surface area contributed by atoms with Gasteiger partial charge in [0.1, 0.15) is 5.76 Å². The Morgan fingerprint density at radius 2 is 2.23 bits per heavy atom. The van der Waals surface area contributed by atoms with Crippen molar-refractivity contribution in [1.29, 1.82) is 0 Å². The Hall–Kier alpha value is -1.29. The summed E-state index contributed by atoms with van der Waals surface area (Å²) in [4.78, 5) is 11.5. The third-order valence-electron chi connectivity index (χ3n) is 2.19. The molecule has 0 heterocycles. The van der Waals surface area contributed by atoms with E-state index in [0.29, 0.717) is 17.7 Å². The van der Waals surface area contributed by atoms with Crippen molar-refractivity contribution in [3.05, 3.63) is 23.1 Å². The van der Waals surface area contributed by atoms with Gasteiger partial charge in [0.05, 0.1) is 5.92 Å². The normalized spacial score (nSPS) is 23.4. The van der Waals surface area contributed by atoms with Gasteiger partial charge in [-0.15, -0.1) is 0 Å². The summed E-state index contributed by atoms with van der Waals surface area (Å²) in [5.41, 5.74) is 6.18. The molecule has 0 aliphatic heterocycles. The first-order valence-electron chi connectivity index (χ1n) is 4.10. The van der Waals surface area contributed by atoms with Crippen LogP contribution in [0.2, 0.25) is 0 Å². The molecule has 1 aliphatic carbocycles. The van der Waals surface area contributed by atoms with Gasteiger partial charge in [-0.05, 0) is 19.4 Å². The Morgan fingerprint density at radius 1 is 1.62 bits per heavy atom. The van der Waals surface area contributed by atoms with Crippen molar-refractivity contribution in [3.8, 4) is 0 Å². The Labute approximate surface area is 76.4 Å². The SMILES string of the molecule is CC1=C(O)C=C(N)C(CCO)C1=O. The molecule has 1 rings (SSSR count). The molecular weight excluding hydrogens is 170 g/mol. The number of hydrogen-bond donors (Lipinski definition) is 3. The minimum atomic E-state index is -0.471. The number of rotatable bonds is 2. The summed E-state index contributed by atoms with van der Waals surface area (Å²) in [5, 5.41) is 17.9. The lowest BCUT2D eigenvalue weighted by atomic mass is 9.87. The standard InChI is InChI=1S/C9H13NO3/c1-5-8(12)4-7(10)6(2-3-11)9(5)13/h4,6,11-12H,2-3,10H2,1H3. The first-order valence-corrected chi connectivity index (χ1v) is 4.10.